The molecule has 0 fully saturated rings. The first-order valence-electron chi connectivity index (χ1n) is 5.95. The fourth-order valence-electron chi connectivity index (χ4n) is 1.51. The summed E-state index contributed by atoms with van der Waals surface area (Å²) in [5.74, 6) is -0.292. The summed E-state index contributed by atoms with van der Waals surface area (Å²) in [6, 6.07) is 4.95. The number of thiophene rings is 1. The third-order valence-corrected chi connectivity index (χ3v) is 3.24. The van der Waals surface area contributed by atoms with E-state index >= 15 is 0 Å². The number of hydrogen-bond donors (Lipinski definition) is 3. The van der Waals surface area contributed by atoms with Gasteiger partial charge in [0, 0.05) is 10.9 Å². The zero-order chi connectivity index (χ0) is 14.4. The molecule has 20 heavy (non-hydrogen) atoms. The van der Waals surface area contributed by atoms with E-state index in [0.29, 0.717) is 11.3 Å². The molecule has 0 radical (unpaired) electrons. The summed E-state index contributed by atoms with van der Waals surface area (Å²) in [6.45, 7) is -0.111. The maximum absolute atomic E-state index is 11.6. The van der Waals surface area contributed by atoms with Crippen molar-refractivity contribution >= 4 is 23.2 Å². The zero-order valence-electron chi connectivity index (χ0n) is 10.5. The predicted octanol–water partition coefficient (Wildman–Crippen LogP) is 0.921. The smallest absolute Gasteiger partial charge is 0.252 e. The first-order chi connectivity index (χ1) is 9.66. The van der Waals surface area contributed by atoms with Gasteiger partial charge in [0.1, 0.15) is 11.9 Å². The third kappa shape index (κ3) is 3.94. The lowest BCUT2D eigenvalue weighted by atomic mass is 10.2. The summed E-state index contributed by atoms with van der Waals surface area (Å²) in [7, 11) is 0. The molecule has 2 rings (SSSR count). The summed E-state index contributed by atoms with van der Waals surface area (Å²) in [5.41, 5.74) is 0.526. The Morgan fingerprint density at radius 2 is 2.20 bits per heavy atom. The molecule has 0 aromatic carbocycles. The van der Waals surface area contributed by atoms with Crippen LogP contribution in [0.25, 0.3) is 0 Å². The summed E-state index contributed by atoms with van der Waals surface area (Å²) >= 11 is 1.41. The number of furan rings is 1. The van der Waals surface area contributed by atoms with Crippen LogP contribution in [0.15, 0.2) is 39.6 Å². The normalized spacial score (nSPS) is 11.8. The highest BCUT2D eigenvalue weighted by atomic mass is 32.1. The van der Waals surface area contributed by atoms with Gasteiger partial charge < -0.3 is 20.2 Å². The Labute approximate surface area is 119 Å². The molecule has 1 atom stereocenters. The molecule has 2 aromatic heterocycles. The van der Waals surface area contributed by atoms with Gasteiger partial charge in [0.15, 0.2) is 0 Å². The van der Waals surface area contributed by atoms with Crippen LogP contribution in [-0.2, 0) is 4.79 Å². The molecule has 7 heteroatoms. The summed E-state index contributed by atoms with van der Waals surface area (Å²) in [5, 5.41) is 18.2. The number of carbonyl (C=O) groups is 2. The highest BCUT2D eigenvalue weighted by molar-refractivity contribution is 7.08. The molecule has 106 valence electrons. The molecule has 0 saturated carbocycles. The van der Waals surface area contributed by atoms with Crippen molar-refractivity contribution in [3.05, 3.63) is 46.5 Å². The van der Waals surface area contributed by atoms with E-state index in [0.717, 1.165) is 0 Å². The topological polar surface area (TPSA) is 91.6 Å². The number of nitrogens with one attached hydrogen (secondary N) is 2. The van der Waals surface area contributed by atoms with Crippen molar-refractivity contribution in [1.29, 1.82) is 0 Å². The molecule has 2 heterocycles. The van der Waals surface area contributed by atoms with Crippen LogP contribution in [0, 0.1) is 0 Å². The molecule has 2 aromatic rings. The summed E-state index contributed by atoms with van der Waals surface area (Å²) in [6.07, 6.45) is 0.545. The van der Waals surface area contributed by atoms with Gasteiger partial charge in [-0.1, -0.05) is 0 Å². The Morgan fingerprint density at radius 3 is 2.85 bits per heavy atom. The van der Waals surface area contributed by atoms with Gasteiger partial charge in [0.25, 0.3) is 5.91 Å². The minimum absolute atomic E-state index is 0.0284. The Kier molecular flexibility index (Phi) is 4.91. The number of carbonyl (C=O) groups excluding carboxylic acids is 2. The second-order valence-corrected chi connectivity index (χ2v) is 4.81. The standard InChI is InChI=1S/C13H14N2O4S/c16-10(11-2-1-4-19-11)6-14-12(17)7-15-13(18)9-3-5-20-8-9/h1-5,8,10,16H,6-7H2,(H,14,17)(H,15,18). The highest BCUT2D eigenvalue weighted by Crippen LogP contribution is 2.11. The summed E-state index contributed by atoms with van der Waals surface area (Å²) < 4.78 is 5.00. The van der Waals surface area contributed by atoms with Crippen LogP contribution in [0.2, 0.25) is 0 Å². The van der Waals surface area contributed by atoms with Crippen molar-refractivity contribution in [3.63, 3.8) is 0 Å². The summed E-state index contributed by atoms with van der Waals surface area (Å²) in [4.78, 5) is 23.1. The molecule has 0 aliphatic carbocycles. The van der Waals surface area contributed by atoms with Crippen LogP contribution >= 0.6 is 11.3 Å². The maximum Gasteiger partial charge on any atom is 0.252 e. The Bertz CT molecular complexity index is 551. The average molecular weight is 294 g/mol. The molecule has 2 amide bonds. The zero-order valence-corrected chi connectivity index (χ0v) is 11.4. The van der Waals surface area contributed by atoms with E-state index < -0.39 is 6.10 Å². The number of hydrogen-bond acceptors (Lipinski definition) is 5. The monoisotopic (exact) mass is 294 g/mol. The van der Waals surface area contributed by atoms with Crippen LogP contribution in [0.3, 0.4) is 0 Å². The number of rotatable bonds is 6. The van der Waals surface area contributed by atoms with E-state index in [9.17, 15) is 14.7 Å². The molecular formula is C13H14N2O4S. The first-order valence-corrected chi connectivity index (χ1v) is 6.89. The van der Waals surface area contributed by atoms with Crippen LogP contribution in [0.4, 0.5) is 0 Å². The lowest BCUT2D eigenvalue weighted by Gasteiger charge is -2.10. The van der Waals surface area contributed by atoms with Crippen molar-refractivity contribution in [1.82, 2.24) is 10.6 Å². The van der Waals surface area contributed by atoms with Crippen LogP contribution < -0.4 is 10.6 Å². The van der Waals surface area contributed by atoms with E-state index in [-0.39, 0.29) is 24.9 Å². The second kappa shape index (κ2) is 6.88. The molecule has 0 spiro atoms. The second-order valence-electron chi connectivity index (χ2n) is 4.03. The minimum Gasteiger partial charge on any atom is -0.467 e. The lowest BCUT2D eigenvalue weighted by molar-refractivity contribution is -0.120. The molecule has 0 aliphatic heterocycles. The van der Waals surface area contributed by atoms with Gasteiger partial charge in [0.05, 0.1) is 19.4 Å². The van der Waals surface area contributed by atoms with Crippen molar-refractivity contribution in [2.75, 3.05) is 13.1 Å². The Balaban J connectivity index is 1.69. The van der Waals surface area contributed by atoms with Gasteiger partial charge in [-0.25, -0.2) is 0 Å². The minimum atomic E-state index is -0.901. The van der Waals surface area contributed by atoms with E-state index in [2.05, 4.69) is 10.6 Å². The largest absolute Gasteiger partial charge is 0.467 e. The maximum atomic E-state index is 11.6. The molecule has 1 unspecified atom stereocenters. The molecule has 0 saturated heterocycles. The fraction of sp³-hybridized carbons (Fsp3) is 0.231. The average Bonchev–Trinajstić information content (AvgIpc) is 3.14. The number of aliphatic hydroxyl groups is 1. The SMILES string of the molecule is O=C(CNC(=O)c1ccsc1)NCC(O)c1ccco1. The van der Waals surface area contributed by atoms with E-state index in [1.54, 1.807) is 29.0 Å². The molecule has 3 N–H and O–H groups in total. The van der Waals surface area contributed by atoms with Gasteiger partial charge in [-0.2, -0.15) is 11.3 Å². The van der Waals surface area contributed by atoms with Crippen molar-refractivity contribution in [2.24, 2.45) is 0 Å². The molecule has 6 nitrogen and oxygen atoms in total. The van der Waals surface area contributed by atoms with Gasteiger partial charge in [-0.05, 0) is 23.6 Å². The number of aliphatic hydroxyl groups excluding tert-OH is 1. The Morgan fingerprint density at radius 1 is 1.35 bits per heavy atom. The highest BCUT2D eigenvalue weighted by Gasteiger charge is 2.12. The van der Waals surface area contributed by atoms with E-state index in [4.69, 9.17) is 4.42 Å². The van der Waals surface area contributed by atoms with E-state index in [1.807, 2.05) is 0 Å². The van der Waals surface area contributed by atoms with Gasteiger partial charge >= 0.3 is 0 Å². The molecular weight excluding hydrogens is 280 g/mol. The van der Waals surface area contributed by atoms with Gasteiger partial charge in [-0.15, -0.1) is 0 Å². The fourth-order valence-corrected chi connectivity index (χ4v) is 2.15. The Hall–Kier alpha value is -2.12. The molecule has 0 bridgehead atoms. The number of amides is 2. The van der Waals surface area contributed by atoms with Crippen molar-refractivity contribution in [2.45, 2.75) is 6.10 Å². The van der Waals surface area contributed by atoms with Crippen molar-refractivity contribution in [3.8, 4) is 0 Å². The lowest BCUT2D eigenvalue weighted by Crippen LogP contribution is -2.38. The first kappa shape index (κ1) is 14.3. The van der Waals surface area contributed by atoms with Crippen molar-refractivity contribution < 1.29 is 19.1 Å². The van der Waals surface area contributed by atoms with Gasteiger partial charge in [-0.3, -0.25) is 9.59 Å². The quantitative estimate of drug-likeness (QED) is 0.739. The van der Waals surface area contributed by atoms with Gasteiger partial charge in [0.2, 0.25) is 5.91 Å². The van der Waals surface area contributed by atoms with Crippen LogP contribution in [0.5, 0.6) is 0 Å². The van der Waals surface area contributed by atoms with E-state index in [1.165, 1.54) is 17.6 Å². The van der Waals surface area contributed by atoms with Crippen LogP contribution in [-0.4, -0.2) is 30.0 Å². The predicted molar refractivity (Wildman–Crippen MR) is 73.3 cm³/mol. The third-order valence-electron chi connectivity index (χ3n) is 2.56. The molecule has 0 aliphatic rings. The van der Waals surface area contributed by atoms with Crippen LogP contribution in [0.1, 0.15) is 22.2 Å².